The molecule has 0 aliphatic rings. The van der Waals surface area contributed by atoms with Gasteiger partial charge in [-0.3, -0.25) is 9.10 Å². The molecule has 0 unspecified atom stereocenters. The largest absolute Gasteiger partial charge is 0.462 e. The number of anilines is 2. The fourth-order valence-electron chi connectivity index (χ4n) is 3.30. The number of carbonyl (C=O) groups is 2. The second-order valence-corrected chi connectivity index (χ2v) is 9.52. The van der Waals surface area contributed by atoms with Crippen LogP contribution in [-0.4, -0.2) is 33.2 Å². The zero-order chi connectivity index (χ0) is 24.9. The molecule has 0 bridgehead atoms. The van der Waals surface area contributed by atoms with Crippen LogP contribution in [-0.2, 0) is 21.3 Å². The maximum absolute atomic E-state index is 14.1. The number of hydrogen-bond donors (Lipinski definition) is 1. The van der Waals surface area contributed by atoms with Crippen molar-refractivity contribution in [1.29, 1.82) is 0 Å². The summed E-state index contributed by atoms with van der Waals surface area (Å²) < 4.78 is 44.8. The van der Waals surface area contributed by atoms with Crippen molar-refractivity contribution in [3.8, 4) is 0 Å². The Kier molecular flexibility index (Phi) is 7.68. The summed E-state index contributed by atoms with van der Waals surface area (Å²) in [5.74, 6) is -1.35. The Bertz CT molecular complexity index is 1310. The van der Waals surface area contributed by atoms with Gasteiger partial charge in [-0.25, -0.2) is 17.6 Å². The molecule has 34 heavy (non-hydrogen) atoms. The Balaban J connectivity index is 1.78. The van der Waals surface area contributed by atoms with Crippen molar-refractivity contribution in [3.05, 3.63) is 94.8 Å². The average Bonchev–Trinajstić information content (AvgIpc) is 2.79. The minimum atomic E-state index is -3.71. The first-order valence-electron chi connectivity index (χ1n) is 10.5. The Morgan fingerprint density at radius 2 is 1.65 bits per heavy atom. The highest BCUT2D eigenvalue weighted by atomic mass is 32.2. The standard InChI is InChI=1S/C25H25FN2O5S/c1-4-33-25(30)19-11-14-23(17(2)15-19)27-24(29)18-9-12-21(13-10-18)28(34(3,31)32)16-20-7-5-6-8-22(20)26/h5-15H,4,16H2,1-3H3,(H,27,29). The first-order chi connectivity index (χ1) is 16.1. The predicted octanol–water partition coefficient (Wildman–Crippen LogP) is 4.53. The molecule has 0 saturated heterocycles. The van der Waals surface area contributed by atoms with Crippen molar-refractivity contribution in [1.82, 2.24) is 0 Å². The van der Waals surface area contributed by atoms with Gasteiger partial charge in [0.05, 0.1) is 30.7 Å². The molecule has 0 radical (unpaired) electrons. The molecule has 0 saturated carbocycles. The predicted molar refractivity (Wildman–Crippen MR) is 129 cm³/mol. The van der Waals surface area contributed by atoms with E-state index < -0.39 is 27.7 Å². The third-order valence-corrected chi connectivity index (χ3v) is 6.22. The number of ether oxygens (including phenoxy) is 1. The van der Waals surface area contributed by atoms with Crippen LogP contribution in [0, 0.1) is 12.7 Å². The van der Waals surface area contributed by atoms with Gasteiger partial charge in [0.15, 0.2) is 0 Å². The van der Waals surface area contributed by atoms with E-state index in [1.807, 2.05) is 0 Å². The fraction of sp³-hybridized carbons (Fsp3) is 0.200. The number of nitrogens with zero attached hydrogens (tertiary/aromatic N) is 1. The molecule has 7 nitrogen and oxygen atoms in total. The lowest BCUT2D eigenvalue weighted by molar-refractivity contribution is 0.0526. The van der Waals surface area contributed by atoms with Crippen LogP contribution in [0.5, 0.6) is 0 Å². The van der Waals surface area contributed by atoms with E-state index in [1.54, 1.807) is 38.1 Å². The van der Waals surface area contributed by atoms with Crippen LogP contribution < -0.4 is 9.62 Å². The van der Waals surface area contributed by atoms with Crippen molar-refractivity contribution >= 4 is 33.3 Å². The Hall–Kier alpha value is -3.72. The molecular formula is C25H25FN2O5S. The number of rotatable bonds is 8. The Morgan fingerprint density at radius 1 is 1.00 bits per heavy atom. The van der Waals surface area contributed by atoms with E-state index in [2.05, 4.69) is 5.32 Å². The second kappa shape index (κ2) is 10.5. The number of benzene rings is 3. The molecule has 178 valence electrons. The zero-order valence-electron chi connectivity index (χ0n) is 19.0. The number of hydrogen-bond acceptors (Lipinski definition) is 5. The summed E-state index contributed by atoms with van der Waals surface area (Å²) in [6, 6.07) is 16.7. The molecule has 0 aromatic heterocycles. The summed E-state index contributed by atoms with van der Waals surface area (Å²) in [6.07, 6.45) is 1.04. The first-order valence-corrected chi connectivity index (χ1v) is 12.3. The van der Waals surface area contributed by atoms with E-state index in [9.17, 15) is 22.4 Å². The number of nitrogens with one attached hydrogen (secondary N) is 1. The lowest BCUT2D eigenvalue weighted by Crippen LogP contribution is -2.29. The number of halogens is 1. The highest BCUT2D eigenvalue weighted by Crippen LogP contribution is 2.23. The van der Waals surface area contributed by atoms with Gasteiger partial charge in [0.2, 0.25) is 10.0 Å². The van der Waals surface area contributed by atoms with E-state index in [0.29, 0.717) is 28.1 Å². The monoisotopic (exact) mass is 484 g/mol. The zero-order valence-corrected chi connectivity index (χ0v) is 19.9. The smallest absolute Gasteiger partial charge is 0.338 e. The van der Waals surface area contributed by atoms with Gasteiger partial charge in [-0.1, -0.05) is 18.2 Å². The van der Waals surface area contributed by atoms with Crippen LogP contribution in [0.3, 0.4) is 0 Å². The van der Waals surface area contributed by atoms with E-state index in [-0.39, 0.29) is 18.7 Å². The lowest BCUT2D eigenvalue weighted by atomic mass is 10.1. The quantitative estimate of drug-likeness (QED) is 0.474. The van der Waals surface area contributed by atoms with Gasteiger partial charge in [0.25, 0.3) is 5.91 Å². The number of esters is 1. The van der Waals surface area contributed by atoms with E-state index >= 15 is 0 Å². The minimum Gasteiger partial charge on any atom is -0.462 e. The third kappa shape index (κ3) is 5.99. The number of carbonyl (C=O) groups excluding carboxylic acids is 2. The molecular weight excluding hydrogens is 459 g/mol. The molecule has 0 aliphatic heterocycles. The molecule has 9 heteroatoms. The molecule has 3 aromatic carbocycles. The number of sulfonamides is 1. The maximum atomic E-state index is 14.1. The highest BCUT2D eigenvalue weighted by Gasteiger charge is 2.20. The van der Waals surface area contributed by atoms with Crippen molar-refractivity contribution in [3.63, 3.8) is 0 Å². The minimum absolute atomic E-state index is 0.178. The molecule has 0 heterocycles. The summed E-state index contributed by atoms with van der Waals surface area (Å²) in [5, 5.41) is 2.78. The third-order valence-electron chi connectivity index (χ3n) is 5.08. The van der Waals surface area contributed by atoms with Crippen LogP contribution >= 0.6 is 0 Å². The van der Waals surface area contributed by atoms with Crippen LogP contribution in [0.4, 0.5) is 15.8 Å². The van der Waals surface area contributed by atoms with Gasteiger partial charge in [-0.15, -0.1) is 0 Å². The lowest BCUT2D eigenvalue weighted by Gasteiger charge is -2.23. The maximum Gasteiger partial charge on any atom is 0.338 e. The van der Waals surface area contributed by atoms with Crippen LogP contribution in [0.2, 0.25) is 0 Å². The SMILES string of the molecule is CCOC(=O)c1ccc(NC(=O)c2ccc(N(Cc3ccccc3F)S(C)(=O)=O)cc2)c(C)c1. The van der Waals surface area contributed by atoms with Crippen molar-refractivity contribution in [2.24, 2.45) is 0 Å². The summed E-state index contributed by atoms with van der Waals surface area (Å²) >= 11 is 0. The highest BCUT2D eigenvalue weighted by molar-refractivity contribution is 7.92. The normalized spacial score (nSPS) is 11.1. The first kappa shape index (κ1) is 24.9. The van der Waals surface area contributed by atoms with Crippen LogP contribution in [0.25, 0.3) is 0 Å². The summed E-state index contributed by atoms with van der Waals surface area (Å²) in [5.41, 5.74) is 2.44. The van der Waals surface area contributed by atoms with Gasteiger partial charge in [0, 0.05) is 16.8 Å². The van der Waals surface area contributed by atoms with Crippen molar-refractivity contribution in [2.45, 2.75) is 20.4 Å². The fourth-order valence-corrected chi connectivity index (χ4v) is 4.18. The van der Waals surface area contributed by atoms with Crippen molar-refractivity contribution in [2.75, 3.05) is 22.5 Å². The van der Waals surface area contributed by atoms with Crippen molar-refractivity contribution < 1.29 is 27.1 Å². The van der Waals surface area contributed by atoms with Gasteiger partial charge >= 0.3 is 5.97 Å². The Labute approximate surface area is 198 Å². The molecule has 1 N–H and O–H groups in total. The van der Waals surface area contributed by atoms with Gasteiger partial charge < -0.3 is 10.1 Å². The summed E-state index contributed by atoms with van der Waals surface area (Å²) in [6.45, 7) is 3.57. The molecule has 0 fully saturated rings. The molecule has 0 atom stereocenters. The van der Waals surface area contributed by atoms with Gasteiger partial charge in [0.1, 0.15) is 5.82 Å². The second-order valence-electron chi connectivity index (χ2n) is 7.61. The molecule has 1 amide bonds. The Morgan fingerprint density at radius 3 is 2.24 bits per heavy atom. The number of aryl methyl sites for hydroxylation is 1. The van der Waals surface area contributed by atoms with Crippen LogP contribution in [0.1, 0.15) is 38.8 Å². The van der Waals surface area contributed by atoms with Gasteiger partial charge in [-0.05, 0) is 67.9 Å². The van der Waals surface area contributed by atoms with E-state index in [1.165, 1.54) is 42.5 Å². The summed E-state index contributed by atoms with van der Waals surface area (Å²) in [4.78, 5) is 24.6. The molecule has 3 aromatic rings. The number of amides is 1. The van der Waals surface area contributed by atoms with Gasteiger partial charge in [-0.2, -0.15) is 0 Å². The van der Waals surface area contributed by atoms with Crippen LogP contribution in [0.15, 0.2) is 66.7 Å². The molecule has 0 aliphatic carbocycles. The molecule has 0 spiro atoms. The topological polar surface area (TPSA) is 92.8 Å². The van der Waals surface area contributed by atoms with E-state index in [0.717, 1.165) is 10.6 Å². The average molecular weight is 485 g/mol. The summed E-state index contributed by atoms with van der Waals surface area (Å²) in [7, 11) is -3.71. The molecule has 3 rings (SSSR count). The van der Waals surface area contributed by atoms with E-state index in [4.69, 9.17) is 4.74 Å².